The van der Waals surface area contributed by atoms with E-state index in [-0.39, 0.29) is 29.9 Å². The minimum absolute atomic E-state index is 0. The summed E-state index contributed by atoms with van der Waals surface area (Å²) in [4.78, 5) is 13.1. The third-order valence-electron chi connectivity index (χ3n) is 1.37. The van der Waals surface area contributed by atoms with Crippen LogP contribution in [0.4, 0.5) is 0 Å². The fourth-order valence-electron chi connectivity index (χ4n) is 0.656. The minimum atomic E-state index is 0. The van der Waals surface area contributed by atoms with Gasteiger partial charge < -0.3 is 10.6 Å². The summed E-state index contributed by atoms with van der Waals surface area (Å²) in [6, 6.07) is 0. The molecule has 0 saturated heterocycles. The molecule has 0 unspecified atom stereocenters. The lowest BCUT2D eigenvalue weighted by Gasteiger charge is -2.07. The molecule has 0 aromatic heterocycles. The summed E-state index contributed by atoms with van der Waals surface area (Å²) in [5.41, 5.74) is 5.30. The molecule has 0 aromatic rings. The van der Waals surface area contributed by atoms with E-state index in [9.17, 15) is 4.79 Å². The molecule has 88 valence electrons. The molecule has 14 heavy (non-hydrogen) atoms. The molecule has 2 N–H and O–H groups in total. The fourth-order valence-corrected chi connectivity index (χ4v) is 1.43. The Hall–Kier alpha value is 0.520. The van der Waals surface area contributed by atoms with Crippen LogP contribution in [-0.2, 0) is 4.79 Å². The van der Waals surface area contributed by atoms with Crippen LogP contribution in [0, 0.1) is 0 Å². The van der Waals surface area contributed by atoms with Crippen LogP contribution >= 0.6 is 36.6 Å². The van der Waals surface area contributed by atoms with Crippen molar-refractivity contribution >= 4 is 41.7 Å². The molecule has 0 aliphatic rings. The Bertz CT molecular complexity index is 137. The van der Waals surface area contributed by atoms with Crippen molar-refractivity contribution in [2.75, 3.05) is 32.9 Å². The summed E-state index contributed by atoms with van der Waals surface area (Å²) in [6.45, 7) is 1.52. The molecule has 0 amide bonds. The fraction of sp³-hybridized carbons (Fsp3) is 0.875. The van der Waals surface area contributed by atoms with Gasteiger partial charge in [-0.15, -0.1) is 24.8 Å². The zero-order chi connectivity index (χ0) is 9.40. The number of nitrogens with two attached hydrogens (primary N) is 1. The predicted octanol–water partition coefficient (Wildman–Crippen LogP) is 1.39. The van der Waals surface area contributed by atoms with Gasteiger partial charge in [0.25, 0.3) is 0 Å². The normalized spacial score (nSPS) is 9.14. The number of hydrogen-bond donors (Lipinski definition) is 1. The molecule has 0 spiro atoms. The minimum Gasteiger partial charge on any atom is -0.330 e. The number of halogens is 2. The van der Waals surface area contributed by atoms with E-state index < -0.39 is 0 Å². The molecule has 3 nitrogen and oxygen atoms in total. The van der Waals surface area contributed by atoms with Gasteiger partial charge in [0.1, 0.15) is 0 Å². The van der Waals surface area contributed by atoms with E-state index in [1.165, 1.54) is 11.8 Å². The zero-order valence-electron chi connectivity index (χ0n) is 8.69. The van der Waals surface area contributed by atoms with E-state index in [0.717, 1.165) is 18.7 Å². The first-order valence-corrected chi connectivity index (χ1v) is 5.15. The number of nitrogens with zero attached hydrogens (tertiary/aromatic N) is 1. The van der Waals surface area contributed by atoms with Gasteiger partial charge in [0.15, 0.2) is 5.12 Å². The lowest BCUT2D eigenvalue weighted by Crippen LogP contribution is -2.15. The van der Waals surface area contributed by atoms with E-state index in [1.54, 1.807) is 0 Å². The van der Waals surface area contributed by atoms with Gasteiger partial charge >= 0.3 is 0 Å². The Kier molecular flexibility index (Phi) is 19.3. The number of hydrogen-bond acceptors (Lipinski definition) is 4. The first-order valence-electron chi connectivity index (χ1n) is 4.17. The Morgan fingerprint density at radius 3 is 2.36 bits per heavy atom. The van der Waals surface area contributed by atoms with Crippen LogP contribution in [0.1, 0.15) is 12.8 Å². The maximum Gasteiger partial charge on any atom is 0.190 e. The van der Waals surface area contributed by atoms with Crippen molar-refractivity contribution in [2.24, 2.45) is 5.73 Å². The first-order chi connectivity index (χ1) is 5.66. The molecule has 0 atom stereocenters. The van der Waals surface area contributed by atoms with Gasteiger partial charge in [0, 0.05) is 18.7 Å². The molecule has 0 fully saturated rings. The topological polar surface area (TPSA) is 46.3 Å². The van der Waals surface area contributed by atoms with Gasteiger partial charge in [0.2, 0.25) is 0 Å². The molecule has 0 bridgehead atoms. The maximum atomic E-state index is 11.1. The Labute approximate surface area is 103 Å². The first kappa shape index (κ1) is 20.0. The molecular formula is C8H20Cl2N2OS. The third kappa shape index (κ3) is 15.0. The maximum absolute atomic E-state index is 11.1. The molecule has 0 aromatic carbocycles. The highest BCUT2D eigenvalue weighted by Crippen LogP contribution is 2.06. The van der Waals surface area contributed by atoms with Gasteiger partial charge in [-0.25, -0.2) is 0 Å². The second kappa shape index (κ2) is 13.5. The molecule has 0 aliphatic heterocycles. The van der Waals surface area contributed by atoms with E-state index in [2.05, 4.69) is 0 Å². The molecule has 0 aliphatic carbocycles. The second-order valence-corrected chi connectivity index (χ2v) is 4.07. The van der Waals surface area contributed by atoms with Crippen molar-refractivity contribution in [3.63, 3.8) is 0 Å². The van der Waals surface area contributed by atoms with E-state index in [4.69, 9.17) is 5.73 Å². The van der Waals surface area contributed by atoms with Crippen molar-refractivity contribution in [1.82, 2.24) is 4.90 Å². The predicted molar refractivity (Wildman–Crippen MR) is 68.8 cm³/mol. The van der Waals surface area contributed by atoms with Gasteiger partial charge in [-0.3, -0.25) is 4.79 Å². The van der Waals surface area contributed by atoms with Gasteiger partial charge in [-0.05, 0) is 27.1 Å². The molecule has 0 saturated carbocycles. The van der Waals surface area contributed by atoms with E-state index >= 15 is 0 Å². The van der Waals surface area contributed by atoms with Crippen LogP contribution in [0.3, 0.4) is 0 Å². The number of rotatable bonds is 6. The average Bonchev–Trinajstić information content (AvgIpc) is 2.01. The number of carbonyl (C=O) groups is 1. The summed E-state index contributed by atoms with van der Waals surface area (Å²) in [5, 5.41) is 0.275. The van der Waals surface area contributed by atoms with Crippen LogP contribution in [0.5, 0.6) is 0 Å². The van der Waals surface area contributed by atoms with Gasteiger partial charge in [-0.2, -0.15) is 0 Å². The van der Waals surface area contributed by atoms with Crippen molar-refractivity contribution in [3.05, 3.63) is 0 Å². The Balaban J connectivity index is -0.000000605. The molecule has 0 radical (unpaired) electrons. The molecular weight excluding hydrogens is 243 g/mol. The Morgan fingerprint density at radius 2 is 1.93 bits per heavy atom. The largest absolute Gasteiger partial charge is 0.330 e. The van der Waals surface area contributed by atoms with Crippen LogP contribution in [0.25, 0.3) is 0 Å². The van der Waals surface area contributed by atoms with Crippen molar-refractivity contribution in [1.29, 1.82) is 0 Å². The smallest absolute Gasteiger partial charge is 0.190 e. The summed E-state index contributed by atoms with van der Waals surface area (Å²) in [6.07, 6.45) is 1.57. The Morgan fingerprint density at radius 1 is 1.36 bits per heavy atom. The summed E-state index contributed by atoms with van der Waals surface area (Å²) < 4.78 is 0. The zero-order valence-corrected chi connectivity index (χ0v) is 11.1. The van der Waals surface area contributed by atoms with Crippen LogP contribution in [0.2, 0.25) is 0 Å². The third-order valence-corrected chi connectivity index (χ3v) is 2.39. The van der Waals surface area contributed by atoms with E-state index in [0.29, 0.717) is 13.0 Å². The molecule has 6 heteroatoms. The number of thioether (sulfide) groups is 1. The lowest BCUT2D eigenvalue weighted by molar-refractivity contribution is -0.111. The highest BCUT2D eigenvalue weighted by atomic mass is 35.5. The second-order valence-electron chi connectivity index (χ2n) is 2.92. The van der Waals surface area contributed by atoms with Crippen molar-refractivity contribution < 1.29 is 4.79 Å². The molecule has 0 rings (SSSR count). The lowest BCUT2D eigenvalue weighted by atomic mass is 10.4. The average molecular weight is 263 g/mol. The van der Waals surface area contributed by atoms with Crippen LogP contribution < -0.4 is 5.73 Å². The monoisotopic (exact) mass is 262 g/mol. The SMILES string of the molecule is CN(C)CCC(=O)SCCCN.Cl.Cl. The van der Waals surface area contributed by atoms with E-state index in [1.807, 2.05) is 19.0 Å². The summed E-state index contributed by atoms with van der Waals surface area (Å²) in [5.74, 6) is 0.864. The summed E-state index contributed by atoms with van der Waals surface area (Å²) >= 11 is 1.40. The standard InChI is InChI=1S/C8H18N2OS.2ClH/c1-10(2)6-4-8(11)12-7-3-5-9;;/h3-7,9H2,1-2H3;2*1H. The number of carbonyl (C=O) groups excluding carboxylic acids is 1. The van der Waals surface area contributed by atoms with Crippen LogP contribution in [-0.4, -0.2) is 43.0 Å². The van der Waals surface area contributed by atoms with Gasteiger partial charge in [0.05, 0.1) is 0 Å². The highest BCUT2D eigenvalue weighted by Gasteiger charge is 2.02. The highest BCUT2D eigenvalue weighted by molar-refractivity contribution is 8.13. The quantitative estimate of drug-likeness (QED) is 0.736. The van der Waals surface area contributed by atoms with Crippen LogP contribution in [0.15, 0.2) is 0 Å². The molecule has 0 heterocycles. The van der Waals surface area contributed by atoms with Gasteiger partial charge in [-0.1, -0.05) is 11.8 Å². The van der Waals surface area contributed by atoms with Crippen molar-refractivity contribution in [2.45, 2.75) is 12.8 Å². The summed E-state index contributed by atoms with van der Waals surface area (Å²) in [7, 11) is 3.94. The van der Waals surface area contributed by atoms with Crippen molar-refractivity contribution in [3.8, 4) is 0 Å².